The van der Waals surface area contributed by atoms with E-state index < -0.39 is 0 Å². The van der Waals surface area contributed by atoms with Crippen molar-refractivity contribution in [2.75, 3.05) is 19.7 Å². The molecule has 0 aliphatic carbocycles. The Morgan fingerprint density at radius 2 is 1.69 bits per heavy atom. The lowest BCUT2D eigenvalue weighted by atomic mass is 10.2. The highest BCUT2D eigenvalue weighted by molar-refractivity contribution is 5.86. The minimum atomic E-state index is -0.00765. The van der Waals surface area contributed by atoms with Gasteiger partial charge >= 0.3 is 0 Å². The number of aryl methyl sites for hydroxylation is 1. The van der Waals surface area contributed by atoms with Crippen LogP contribution in [0.1, 0.15) is 17.5 Å². The first-order valence-corrected chi connectivity index (χ1v) is 10.9. The summed E-state index contributed by atoms with van der Waals surface area (Å²) in [7, 11) is 1.79. The topological polar surface area (TPSA) is 60.2 Å². The van der Waals surface area contributed by atoms with Gasteiger partial charge in [0.1, 0.15) is 5.75 Å². The Morgan fingerprint density at radius 3 is 2.43 bits per heavy atom. The van der Waals surface area contributed by atoms with Crippen LogP contribution in [0.25, 0.3) is 10.9 Å². The number of ether oxygens (including phenoxy) is 1. The van der Waals surface area contributed by atoms with Gasteiger partial charge in [-0.25, -0.2) is 0 Å². The monoisotopic (exact) mass is 536 g/mol. The van der Waals surface area contributed by atoms with E-state index in [0.29, 0.717) is 6.61 Å². The van der Waals surface area contributed by atoms with Crippen molar-refractivity contribution in [2.24, 2.45) is 7.05 Å². The van der Waals surface area contributed by atoms with Crippen LogP contribution in [0.3, 0.4) is 0 Å². The highest BCUT2D eigenvalue weighted by atomic mass is 35.5. The normalized spacial score (nSPS) is 10.2. The van der Waals surface area contributed by atoms with E-state index in [2.05, 4.69) is 33.1 Å². The Kier molecular flexibility index (Phi) is 13.3. The Hall–Kier alpha value is -2.64. The number of hydrogen-bond donors (Lipinski definition) is 0. The lowest BCUT2D eigenvalue weighted by Gasteiger charge is -2.22. The van der Waals surface area contributed by atoms with Crippen LogP contribution in [-0.2, 0) is 20.0 Å². The van der Waals surface area contributed by atoms with E-state index in [0.717, 1.165) is 49.1 Å². The molecule has 3 aromatic heterocycles. The second-order valence-electron chi connectivity index (χ2n) is 7.90. The van der Waals surface area contributed by atoms with Crippen LogP contribution in [0, 0.1) is 0 Å². The summed E-state index contributed by atoms with van der Waals surface area (Å²) in [6.07, 6.45) is 9.30. The zero-order valence-electron chi connectivity index (χ0n) is 19.6. The van der Waals surface area contributed by atoms with E-state index in [9.17, 15) is 4.79 Å². The third-order valence-electron chi connectivity index (χ3n) is 5.58. The molecule has 3 heterocycles. The molecular weight excluding hydrogens is 507 g/mol. The number of nitrogens with zero attached hydrogens (tertiary/aromatic N) is 4. The summed E-state index contributed by atoms with van der Waals surface area (Å²) in [5.41, 5.74) is 3.40. The third kappa shape index (κ3) is 8.82. The molecule has 0 aliphatic rings. The van der Waals surface area contributed by atoms with Crippen molar-refractivity contribution in [1.29, 1.82) is 0 Å². The first-order chi connectivity index (χ1) is 15.7. The number of benzene rings is 1. The smallest absolute Gasteiger partial charge is 0.250 e. The molecule has 188 valence electrons. The largest absolute Gasteiger partial charge is 0.494 e. The van der Waals surface area contributed by atoms with Crippen molar-refractivity contribution in [1.82, 2.24) is 19.4 Å². The zero-order valence-corrected chi connectivity index (χ0v) is 22.0. The van der Waals surface area contributed by atoms with Gasteiger partial charge in [-0.2, -0.15) is 0 Å². The maximum atomic E-state index is 11.8. The molecule has 0 saturated carbocycles. The van der Waals surface area contributed by atoms with Crippen LogP contribution < -0.4 is 10.3 Å². The van der Waals surface area contributed by atoms with Crippen LogP contribution in [0.5, 0.6) is 5.75 Å². The van der Waals surface area contributed by atoms with Crippen molar-refractivity contribution < 1.29 is 4.74 Å². The first kappa shape index (κ1) is 30.4. The van der Waals surface area contributed by atoms with Crippen molar-refractivity contribution in [2.45, 2.75) is 19.4 Å². The Labute approximate surface area is 224 Å². The maximum absolute atomic E-state index is 11.8. The fourth-order valence-electron chi connectivity index (χ4n) is 3.78. The van der Waals surface area contributed by atoms with Crippen LogP contribution in [-0.4, -0.2) is 39.1 Å². The lowest BCUT2D eigenvalue weighted by Crippen LogP contribution is -2.28. The summed E-state index contributed by atoms with van der Waals surface area (Å²) in [6, 6.07) is 17.5. The number of pyridine rings is 3. The molecule has 0 amide bonds. The molecule has 4 aromatic rings. The van der Waals surface area contributed by atoms with Crippen LogP contribution >= 0.6 is 37.2 Å². The fraction of sp³-hybridized carbons (Fsp3) is 0.269. The van der Waals surface area contributed by atoms with Gasteiger partial charge in [-0.15, -0.1) is 37.2 Å². The van der Waals surface area contributed by atoms with Crippen LogP contribution in [0.4, 0.5) is 0 Å². The van der Waals surface area contributed by atoms with Gasteiger partial charge in [0.15, 0.2) is 0 Å². The van der Waals surface area contributed by atoms with Gasteiger partial charge < -0.3 is 9.30 Å². The summed E-state index contributed by atoms with van der Waals surface area (Å²) in [4.78, 5) is 22.6. The number of fused-ring (bicyclic) bond motifs is 1. The first-order valence-electron chi connectivity index (χ1n) is 10.9. The second kappa shape index (κ2) is 15.4. The highest BCUT2D eigenvalue weighted by Crippen LogP contribution is 2.19. The molecule has 6 nitrogen and oxygen atoms in total. The summed E-state index contributed by atoms with van der Waals surface area (Å²) in [6.45, 7) is 3.41. The number of halogens is 3. The number of aromatic nitrogens is 3. The molecule has 1 aromatic carbocycles. The van der Waals surface area contributed by atoms with Gasteiger partial charge in [0.25, 0.3) is 5.56 Å². The lowest BCUT2D eigenvalue weighted by molar-refractivity contribution is 0.230. The highest BCUT2D eigenvalue weighted by Gasteiger charge is 2.08. The van der Waals surface area contributed by atoms with Gasteiger partial charge in [0.2, 0.25) is 0 Å². The maximum Gasteiger partial charge on any atom is 0.250 e. The zero-order chi connectivity index (χ0) is 22.2. The standard InChI is InChI=1S/C26H28N4O2.3ClH/c1-29-25-7-6-24(18-23(25)5-8-26(29)31)32-17-3-15-30(20-22-9-13-27-14-10-22)16-11-21-4-2-12-28-19-21;;;/h2,4-10,12-14,18-19H,3,11,15-17,20H2,1H3;3*1H. The van der Waals surface area contributed by atoms with Gasteiger partial charge in [-0.3, -0.25) is 19.7 Å². The summed E-state index contributed by atoms with van der Waals surface area (Å²) in [5, 5.41) is 1.00. The van der Waals surface area contributed by atoms with Gasteiger partial charge in [0, 0.05) is 62.9 Å². The van der Waals surface area contributed by atoms with Crippen LogP contribution in [0.15, 0.2) is 84.2 Å². The van der Waals surface area contributed by atoms with E-state index in [-0.39, 0.29) is 42.8 Å². The molecule has 0 spiro atoms. The van der Waals surface area contributed by atoms with Gasteiger partial charge in [-0.05, 0) is 66.4 Å². The summed E-state index contributed by atoms with van der Waals surface area (Å²) in [5.74, 6) is 0.826. The Morgan fingerprint density at radius 1 is 0.886 bits per heavy atom. The van der Waals surface area contributed by atoms with E-state index in [1.807, 2.05) is 55.1 Å². The number of rotatable bonds is 10. The molecule has 0 atom stereocenters. The average Bonchev–Trinajstić information content (AvgIpc) is 2.84. The minimum Gasteiger partial charge on any atom is -0.494 e. The molecule has 0 unspecified atom stereocenters. The van der Waals surface area contributed by atoms with Crippen LogP contribution in [0.2, 0.25) is 0 Å². The molecule has 0 fully saturated rings. The third-order valence-corrected chi connectivity index (χ3v) is 5.58. The van der Waals surface area contributed by atoms with E-state index >= 15 is 0 Å². The summed E-state index contributed by atoms with van der Waals surface area (Å²) >= 11 is 0. The van der Waals surface area contributed by atoms with Crippen molar-refractivity contribution in [3.05, 3.63) is 101 Å². The van der Waals surface area contributed by atoms with E-state index in [4.69, 9.17) is 4.74 Å². The minimum absolute atomic E-state index is 0. The van der Waals surface area contributed by atoms with Gasteiger partial charge in [-0.1, -0.05) is 6.07 Å². The number of hydrogen-bond acceptors (Lipinski definition) is 5. The molecule has 0 N–H and O–H groups in total. The molecule has 0 bridgehead atoms. The van der Waals surface area contributed by atoms with Gasteiger partial charge in [0.05, 0.1) is 12.1 Å². The predicted octanol–water partition coefficient (Wildman–Crippen LogP) is 5.11. The van der Waals surface area contributed by atoms with Crippen molar-refractivity contribution >= 4 is 48.1 Å². The molecular formula is C26H31Cl3N4O2. The summed E-state index contributed by atoms with van der Waals surface area (Å²) < 4.78 is 7.66. The predicted molar refractivity (Wildman–Crippen MR) is 148 cm³/mol. The average molecular weight is 538 g/mol. The Bertz CT molecular complexity index is 1210. The quantitative estimate of drug-likeness (QED) is 0.263. The molecule has 35 heavy (non-hydrogen) atoms. The SMILES string of the molecule is Cl.Cl.Cl.Cn1c(=O)ccc2cc(OCCCN(CCc3cccnc3)Cc3ccncc3)ccc21. The molecule has 9 heteroatoms. The molecule has 0 radical (unpaired) electrons. The fourth-order valence-corrected chi connectivity index (χ4v) is 3.78. The second-order valence-corrected chi connectivity index (χ2v) is 7.90. The van der Waals surface area contributed by atoms with Crippen molar-refractivity contribution in [3.63, 3.8) is 0 Å². The molecule has 0 saturated heterocycles. The van der Waals surface area contributed by atoms with Crippen molar-refractivity contribution in [3.8, 4) is 5.75 Å². The Balaban J connectivity index is 0.00000204. The van der Waals surface area contributed by atoms with E-state index in [1.54, 1.807) is 17.7 Å². The molecule has 0 aliphatic heterocycles. The molecule has 4 rings (SSSR count). The van der Waals surface area contributed by atoms with E-state index in [1.165, 1.54) is 11.1 Å².